The van der Waals surface area contributed by atoms with Crippen molar-refractivity contribution in [2.45, 2.75) is 6.54 Å². The fourth-order valence-corrected chi connectivity index (χ4v) is 3.98. The Kier molecular flexibility index (Phi) is 9.69. The van der Waals surface area contributed by atoms with Crippen molar-refractivity contribution in [3.05, 3.63) is 82.3 Å². The normalized spacial score (nSPS) is 11.4. The van der Waals surface area contributed by atoms with Gasteiger partial charge in [-0.3, -0.25) is 29.2 Å². The Labute approximate surface area is 224 Å². The second kappa shape index (κ2) is 12.5. The van der Waals surface area contributed by atoms with Gasteiger partial charge in [-0.1, -0.05) is 22.0 Å². The number of benzene rings is 3. The molecule has 16 heteroatoms. The lowest BCUT2D eigenvalue weighted by Gasteiger charge is -2.15. The van der Waals surface area contributed by atoms with Gasteiger partial charge < -0.3 is 24.4 Å². The minimum absolute atomic E-state index is 0.134. The Morgan fingerprint density at radius 2 is 1.42 bits per heavy atom. The molecule has 0 spiro atoms. The minimum Gasteiger partial charge on any atom is -0.484 e. The Hall–Kier alpha value is -3.22. The van der Waals surface area contributed by atoms with Crippen LogP contribution in [0.2, 0.25) is 0 Å². The molecule has 3 rings (SSSR count). The van der Waals surface area contributed by atoms with Crippen LogP contribution in [0.1, 0.15) is 15.9 Å². The van der Waals surface area contributed by atoms with Crippen molar-refractivity contribution in [3.8, 4) is 17.2 Å². The molecule has 0 saturated carbocycles. The van der Waals surface area contributed by atoms with Crippen molar-refractivity contribution in [3.63, 3.8) is 0 Å². The first-order chi connectivity index (χ1) is 17.8. The van der Waals surface area contributed by atoms with Gasteiger partial charge in [-0.05, 0) is 66.2 Å². The molecule has 0 aliphatic heterocycles. The van der Waals surface area contributed by atoms with E-state index in [1.165, 1.54) is 30.3 Å². The maximum atomic E-state index is 12.4. The van der Waals surface area contributed by atoms with Crippen LogP contribution in [-0.2, 0) is 20.5 Å². The van der Waals surface area contributed by atoms with Crippen LogP contribution in [0, 0.1) is 0 Å². The van der Waals surface area contributed by atoms with Crippen LogP contribution in [-0.4, -0.2) is 38.0 Å². The van der Waals surface area contributed by atoms with Gasteiger partial charge in [0, 0.05) is 22.3 Å². The number of phosphoric ester groups is 2. The highest BCUT2D eigenvalue weighted by Crippen LogP contribution is 2.47. The average molecular weight is 631 g/mol. The van der Waals surface area contributed by atoms with Gasteiger partial charge in [-0.15, -0.1) is 0 Å². The molecule has 13 nitrogen and oxygen atoms in total. The largest absolute Gasteiger partial charge is 0.524 e. The summed E-state index contributed by atoms with van der Waals surface area (Å²) in [5, 5.41) is 5.27. The molecule has 202 valence electrons. The molecule has 0 bridgehead atoms. The molecule has 0 aliphatic rings. The first-order valence-corrected chi connectivity index (χ1v) is 14.3. The van der Waals surface area contributed by atoms with Gasteiger partial charge in [0.05, 0.1) is 0 Å². The zero-order valence-corrected chi connectivity index (χ0v) is 22.6. The monoisotopic (exact) mass is 630 g/mol. The van der Waals surface area contributed by atoms with E-state index in [2.05, 4.69) is 35.6 Å². The molecule has 3 aromatic carbocycles. The van der Waals surface area contributed by atoms with Crippen LogP contribution >= 0.6 is 31.6 Å². The number of anilines is 1. The average Bonchev–Trinajstić information content (AvgIpc) is 2.83. The predicted molar refractivity (Wildman–Crippen MR) is 138 cm³/mol. The van der Waals surface area contributed by atoms with E-state index >= 15 is 0 Å². The lowest BCUT2D eigenvalue weighted by molar-refractivity contribution is -0.123. The molecule has 6 N–H and O–H groups in total. The molecule has 0 unspecified atom stereocenters. The standard InChI is InChI=1S/C22H21BrN2O11P2/c23-16-4-6-17(7-5-16)25-22(27)15-2-8-18(9-3-15)34-13-21(26)24-12-14-1-10-19(35-37(28,29)30)20(11-14)36-38(31,32)33/h1-11H,12-13H2,(H,24,26)(H,25,27)(H2,28,29,30)(H2,31,32,33). The summed E-state index contributed by atoms with van der Waals surface area (Å²) in [7, 11) is -10.1. The smallest absolute Gasteiger partial charge is 0.484 e. The molecule has 0 saturated heterocycles. The summed E-state index contributed by atoms with van der Waals surface area (Å²) in [6.07, 6.45) is 0. The lowest BCUT2D eigenvalue weighted by atomic mass is 10.2. The summed E-state index contributed by atoms with van der Waals surface area (Å²) in [5.41, 5.74) is 1.28. The Balaban J connectivity index is 1.53. The summed E-state index contributed by atoms with van der Waals surface area (Å²) in [5.74, 6) is -1.77. The molecule has 0 atom stereocenters. The number of hydrogen-bond donors (Lipinski definition) is 6. The van der Waals surface area contributed by atoms with Gasteiger partial charge in [0.15, 0.2) is 18.1 Å². The second-order valence-corrected chi connectivity index (χ2v) is 10.7. The van der Waals surface area contributed by atoms with Crippen molar-refractivity contribution in [1.29, 1.82) is 0 Å². The number of carbonyl (C=O) groups excluding carboxylic acids is 2. The van der Waals surface area contributed by atoms with Gasteiger partial charge in [-0.25, -0.2) is 9.13 Å². The number of ether oxygens (including phenoxy) is 1. The van der Waals surface area contributed by atoms with Crippen molar-refractivity contribution in [2.24, 2.45) is 0 Å². The molecule has 0 aliphatic carbocycles. The lowest BCUT2D eigenvalue weighted by Crippen LogP contribution is -2.28. The second-order valence-electron chi connectivity index (χ2n) is 7.50. The summed E-state index contributed by atoms with van der Waals surface area (Å²) in [4.78, 5) is 60.5. The first-order valence-electron chi connectivity index (χ1n) is 10.5. The zero-order chi connectivity index (χ0) is 27.9. The Morgan fingerprint density at radius 1 is 0.816 bits per heavy atom. The van der Waals surface area contributed by atoms with E-state index in [-0.39, 0.29) is 24.6 Å². The minimum atomic E-state index is -5.08. The van der Waals surface area contributed by atoms with Crippen LogP contribution in [0.15, 0.2) is 71.2 Å². The fourth-order valence-electron chi connectivity index (χ4n) is 2.91. The number of halogens is 1. The van der Waals surface area contributed by atoms with E-state index in [4.69, 9.17) is 24.3 Å². The fraction of sp³-hybridized carbons (Fsp3) is 0.0909. The molecule has 0 heterocycles. The molecule has 38 heavy (non-hydrogen) atoms. The quantitative estimate of drug-likeness (QED) is 0.170. The van der Waals surface area contributed by atoms with Gasteiger partial charge in [0.25, 0.3) is 11.8 Å². The third kappa shape index (κ3) is 9.92. The van der Waals surface area contributed by atoms with Crippen LogP contribution in [0.25, 0.3) is 0 Å². The third-order valence-corrected chi connectivity index (χ3v) is 5.92. The van der Waals surface area contributed by atoms with E-state index in [1.807, 2.05) is 0 Å². The van der Waals surface area contributed by atoms with Crippen LogP contribution in [0.5, 0.6) is 17.2 Å². The maximum absolute atomic E-state index is 12.4. The van der Waals surface area contributed by atoms with Gasteiger partial charge in [0.2, 0.25) is 0 Å². The topological polar surface area (TPSA) is 201 Å². The highest BCUT2D eigenvalue weighted by atomic mass is 79.9. The van der Waals surface area contributed by atoms with Crippen LogP contribution < -0.4 is 24.4 Å². The highest BCUT2D eigenvalue weighted by Gasteiger charge is 2.24. The van der Waals surface area contributed by atoms with E-state index in [1.54, 1.807) is 24.3 Å². The SMILES string of the molecule is O=C(COc1ccc(C(=O)Nc2ccc(Br)cc2)cc1)NCc1ccc(OP(=O)(O)O)c(OP(=O)(O)O)c1. The van der Waals surface area contributed by atoms with E-state index < -0.39 is 33.1 Å². The third-order valence-electron chi connectivity index (χ3n) is 4.52. The highest BCUT2D eigenvalue weighted by molar-refractivity contribution is 9.10. The number of phosphoric acid groups is 2. The Morgan fingerprint density at radius 3 is 2.03 bits per heavy atom. The summed E-state index contributed by atoms with van der Waals surface area (Å²) in [6.45, 7) is -0.513. The predicted octanol–water partition coefficient (Wildman–Crippen LogP) is 3.34. The van der Waals surface area contributed by atoms with Gasteiger partial charge >= 0.3 is 15.6 Å². The van der Waals surface area contributed by atoms with Crippen molar-refractivity contribution in [1.82, 2.24) is 5.32 Å². The van der Waals surface area contributed by atoms with Crippen molar-refractivity contribution in [2.75, 3.05) is 11.9 Å². The van der Waals surface area contributed by atoms with Crippen LogP contribution in [0.4, 0.5) is 5.69 Å². The van der Waals surface area contributed by atoms with Crippen molar-refractivity contribution >= 4 is 49.1 Å². The number of nitrogens with one attached hydrogen (secondary N) is 2. The van der Waals surface area contributed by atoms with E-state index in [0.717, 1.165) is 16.6 Å². The van der Waals surface area contributed by atoms with E-state index in [0.29, 0.717) is 17.0 Å². The number of carbonyl (C=O) groups is 2. The number of amides is 2. The molecule has 2 amide bonds. The summed E-state index contributed by atoms with van der Waals surface area (Å²) in [6, 6.07) is 16.6. The van der Waals surface area contributed by atoms with Gasteiger partial charge in [-0.2, -0.15) is 0 Å². The van der Waals surface area contributed by atoms with Crippen LogP contribution in [0.3, 0.4) is 0 Å². The number of rotatable bonds is 11. The Bertz CT molecular complexity index is 1390. The molecular formula is C22H21BrN2O11P2. The summed E-state index contributed by atoms with van der Waals surface area (Å²) >= 11 is 3.32. The van der Waals surface area contributed by atoms with Crippen molar-refractivity contribution < 1.29 is 52.1 Å². The van der Waals surface area contributed by atoms with E-state index in [9.17, 15) is 18.7 Å². The maximum Gasteiger partial charge on any atom is 0.524 e. The molecule has 0 aromatic heterocycles. The molecule has 0 radical (unpaired) electrons. The first kappa shape index (κ1) is 29.3. The summed E-state index contributed by atoms with van der Waals surface area (Å²) < 4.78 is 37.3. The molecular weight excluding hydrogens is 610 g/mol. The zero-order valence-electron chi connectivity index (χ0n) is 19.2. The molecule has 0 fully saturated rings. The molecule has 3 aromatic rings. The number of hydrogen-bond acceptors (Lipinski definition) is 7. The van der Waals surface area contributed by atoms with Gasteiger partial charge in [0.1, 0.15) is 5.75 Å².